The van der Waals surface area contributed by atoms with Crippen molar-refractivity contribution < 1.29 is 27.1 Å². The van der Waals surface area contributed by atoms with E-state index in [0.717, 1.165) is 18.5 Å². The Morgan fingerprint density at radius 2 is 2.04 bits per heavy atom. The molecule has 0 saturated heterocycles. The molecule has 0 bridgehead atoms. The van der Waals surface area contributed by atoms with Gasteiger partial charge in [-0.2, -0.15) is 13.2 Å². The zero-order valence-corrected chi connectivity index (χ0v) is 11.2. The summed E-state index contributed by atoms with van der Waals surface area (Å²) in [6, 6.07) is 4.61. The fourth-order valence-electron chi connectivity index (χ4n) is 1.74. The summed E-state index contributed by atoms with van der Waals surface area (Å²) in [6.45, 7) is 0. The van der Waals surface area contributed by atoms with Crippen molar-refractivity contribution in [1.82, 2.24) is 20.2 Å². The van der Waals surface area contributed by atoms with E-state index >= 15 is 0 Å². The Bertz CT molecular complexity index is 833. The Hall–Kier alpha value is -2.57. The fourth-order valence-corrected chi connectivity index (χ4v) is 1.74. The van der Waals surface area contributed by atoms with Crippen LogP contribution in [0.25, 0.3) is 11.5 Å². The molecule has 7 nitrogen and oxygen atoms in total. The molecule has 3 rings (SSSR count). The molecule has 11 heteroatoms. The summed E-state index contributed by atoms with van der Waals surface area (Å²) in [5.41, 5.74) is -1.61. The van der Waals surface area contributed by atoms with Gasteiger partial charge in [0.25, 0.3) is 0 Å². The van der Waals surface area contributed by atoms with Crippen LogP contribution < -0.4 is 4.74 Å². The molecule has 3 aromatic rings. The molecule has 0 unspecified atom stereocenters. The van der Waals surface area contributed by atoms with Crippen LogP contribution in [-0.2, 0) is 6.18 Å². The Labute approximate surface area is 144 Å². The number of carbonyl (C=O) groups excluding carboxylic acids is 1. The van der Waals surface area contributed by atoms with Crippen molar-refractivity contribution in [2.75, 3.05) is 0 Å². The van der Waals surface area contributed by atoms with Gasteiger partial charge in [-0.1, -0.05) is 6.07 Å². The molecular weight excluding hydrogens is 324 g/mol. The van der Waals surface area contributed by atoms with Crippen molar-refractivity contribution in [2.24, 2.45) is 0 Å². The average molecular weight is 332 g/mol. The Morgan fingerprint density at radius 3 is 2.71 bits per heavy atom. The first-order valence-corrected chi connectivity index (χ1v) is 6.15. The monoisotopic (exact) mass is 332 g/mol. The number of ether oxygens (including phenoxy) is 1. The minimum atomic E-state index is -4.62. The molecular formula is C13H8F3LiN4O3. The molecule has 0 aromatic carbocycles. The molecule has 0 aliphatic carbocycles. The third kappa shape index (κ3) is 3.66. The van der Waals surface area contributed by atoms with Crippen LogP contribution in [0.5, 0.6) is 5.88 Å². The van der Waals surface area contributed by atoms with Crippen LogP contribution in [0.4, 0.5) is 13.2 Å². The normalized spacial score (nSPS) is 11.0. The SMILES string of the molecule is O=C(Oc1cc[nH]n1)c1ncoc1-c1cccc(C(F)(F)F)n1.[LiH]. The van der Waals surface area contributed by atoms with Crippen LogP contribution in [0.15, 0.2) is 41.3 Å². The summed E-state index contributed by atoms with van der Waals surface area (Å²) < 4.78 is 48.0. The van der Waals surface area contributed by atoms with Gasteiger partial charge in [-0.15, -0.1) is 5.10 Å². The van der Waals surface area contributed by atoms with Gasteiger partial charge in [0.15, 0.2) is 17.8 Å². The molecule has 0 aliphatic heterocycles. The van der Waals surface area contributed by atoms with Gasteiger partial charge >= 0.3 is 31.0 Å². The third-order valence-corrected chi connectivity index (χ3v) is 2.71. The standard InChI is InChI=1S/C13H7F3N4O3.Li.H/c14-13(15,16)8-3-1-2-7(19-8)11-10(17-6-22-11)12(21)23-9-4-5-18-20-9;;/h1-6H,(H,18,20);;. The van der Waals surface area contributed by atoms with Crippen LogP contribution in [0.3, 0.4) is 0 Å². The fraction of sp³-hybridized carbons (Fsp3) is 0.0769. The van der Waals surface area contributed by atoms with E-state index in [-0.39, 0.29) is 41.9 Å². The average Bonchev–Trinajstić information content (AvgIpc) is 3.17. The van der Waals surface area contributed by atoms with E-state index in [1.54, 1.807) is 0 Å². The van der Waals surface area contributed by atoms with Crippen molar-refractivity contribution in [3.63, 3.8) is 0 Å². The van der Waals surface area contributed by atoms with E-state index in [4.69, 9.17) is 9.15 Å². The number of hydrogen-bond acceptors (Lipinski definition) is 6. The Kier molecular flexibility index (Phi) is 5.11. The number of oxazole rings is 1. The maximum absolute atomic E-state index is 12.7. The van der Waals surface area contributed by atoms with Gasteiger partial charge in [0.05, 0.1) is 0 Å². The summed E-state index contributed by atoms with van der Waals surface area (Å²) in [4.78, 5) is 19.1. The number of H-pyrrole nitrogens is 1. The summed E-state index contributed by atoms with van der Waals surface area (Å²) >= 11 is 0. The van der Waals surface area contributed by atoms with E-state index in [1.807, 2.05) is 0 Å². The van der Waals surface area contributed by atoms with Crippen LogP contribution >= 0.6 is 0 Å². The number of nitrogens with zero attached hydrogens (tertiary/aromatic N) is 3. The van der Waals surface area contributed by atoms with Gasteiger partial charge in [-0.25, -0.2) is 14.8 Å². The van der Waals surface area contributed by atoms with Crippen LogP contribution in [0.2, 0.25) is 0 Å². The number of hydrogen-bond donors (Lipinski definition) is 1. The second-order valence-electron chi connectivity index (χ2n) is 4.24. The van der Waals surface area contributed by atoms with E-state index < -0.39 is 17.8 Å². The van der Waals surface area contributed by atoms with Gasteiger partial charge in [0.2, 0.25) is 5.88 Å². The van der Waals surface area contributed by atoms with Crippen molar-refractivity contribution in [2.45, 2.75) is 6.18 Å². The maximum atomic E-state index is 12.7. The number of carbonyl (C=O) groups is 1. The van der Waals surface area contributed by atoms with Crippen molar-refractivity contribution >= 4 is 24.8 Å². The molecule has 0 saturated carbocycles. The summed E-state index contributed by atoms with van der Waals surface area (Å²) in [5.74, 6) is -1.17. The molecule has 3 heterocycles. The number of aromatic nitrogens is 4. The van der Waals surface area contributed by atoms with Crippen LogP contribution in [-0.4, -0.2) is 45.0 Å². The molecule has 0 fully saturated rings. The van der Waals surface area contributed by atoms with Gasteiger partial charge in [-0.3, -0.25) is 5.10 Å². The minimum absolute atomic E-state index is 0. The van der Waals surface area contributed by atoms with E-state index in [0.29, 0.717) is 0 Å². The topological polar surface area (TPSA) is 93.9 Å². The van der Waals surface area contributed by atoms with E-state index in [9.17, 15) is 18.0 Å². The second kappa shape index (κ2) is 6.90. The number of halogens is 3. The first kappa shape index (κ1) is 17.8. The molecule has 1 N–H and O–H groups in total. The third-order valence-electron chi connectivity index (χ3n) is 2.71. The summed E-state index contributed by atoms with van der Waals surface area (Å²) in [5, 5.41) is 6.07. The van der Waals surface area contributed by atoms with Gasteiger partial charge in [-0.05, 0) is 12.1 Å². The number of pyridine rings is 1. The number of alkyl halides is 3. The van der Waals surface area contributed by atoms with Crippen molar-refractivity contribution in [1.29, 1.82) is 0 Å². The molecule has 0 atom stereocenters. The van der Waals surface area contributed by atoms with E-state index in [2.05, 4.69) is 20.2 Å². The molecule has 120 valence electrons. The Balaban J connectivity index is 0.00000208. The molecule has 0 aliphatic rings. The number of aromatic amines is 1. The van der Waals surface area contributed by atoms with Gasteiger partial charge < -0.3 is 9.15 Å². The van der Waals surface area contributed by atoms with Crippen molar-refractivity contribution in [3.8, 4) is 17.3 Å². The van der Waals surface area contributed by atoms with Crippen molar-refractivity contribution in [3.05, 3.63) is 48.2 Å². The van der Waals surface area contributed by atoms with Crippen LogP contribution in [0.1, 0.15) is 16.2 Å². The Morgan fingerprint density at radius 1 is 1.25 bits per heavy atom. The van der Waals surface area contributed by atoms with Gasteiger partial charge in [0, 0.05) is 12.3 Å². The number of nitrogens with one attached hydrogen (secondary N) is 1. The number of esters is 1. The summed E-state index contributed by atoms with van der Waals surface area (Å²) in [7, 11) is 0. The predicted octanol–water partition coefficient (Wildman–Crippen LogP) is 2.05. The zero-order chi connectivity index (χ0) is 16.4. The molecule has 24 heavy (non-hydrogen) atoms. The molecule has 3 aromatic heterocycles. The first-order chi connectivity index (χ1) is 10.9. The predicted molar refractivity (Wildman–Crippen MR) is 75.4 cm³/mol. The van der Waals surface area contributed by atoms with Crippen LogP contribution in [0, 0.1) is 0 Å². The van der Waals surface area contributed by atoms with E-state index in [1.165, 1.54) is 18.3 Å². The second-order valence-corrected chi connectivity index (χ2v) is 4.24. The first-order valence-electron chi connectivity index (χ1n) is 6.15. The zero-order valence-electron chi connectivity index (χ0n) is 11.2. The number of rotatable bonds is 3. The molecule has 0 spiro atoms. The molecule has 0 amide bonds. The van der Waals surface area contributed by atoms with Gasteiger partial charge in [0.1, 0.15) is 11.4 Å². The molecule has 0 radical (unpaired) electrons. The quantitative estimate of drug-likeness (QED) is 0.583. The summed E-state index contributed by atoms with van der Waals surface area (Å²) in [6.07, 6.45) is -2.27.